The van der Waals surface area contributed by atoms with Crippen molar-refractivity contribution in [3.63, 3.8) is 0 Å². The Morgan fingerprint density at radius 1 is 1.71 bits per heavy atom. The quantitative estimate of drug-likeness (QED) is 0.547. The summed E-state index contributed by atoms with van der Waals surface area (Å²) in [6, 6.07) is 0. The minimum Gasteiger partial charge on any atom is -0.308 e. The van der Waals surface area contributed by atoms with Gasteiger partial charge in [0.2, 0.25) is 5.91 Å². The largest absolute Gasteiger partial charge is 0.432 e. The maximum atomic E-state index is 11.4. The topological polar surface area (TPSA) is 75.6 Å². The summed E-state index contributed by atoms with van der Waals surface area (Å²) >= 11 is 0. The maximum absolute atomic E-state index is 11.4. The molecule has 1 fully saturated rings. The van der Waals surface area contributed by atoms with Crippen LogP contribution in [0.2, 0.25) is 0 Å². The normalized spacial score (nSPS) is 29.9. The Balaban J connectivity index is 2.51. The molecule has 1 aliphatic carbocycles. The fraction of sp³-hybridized carbons (Fsp3) is 0.625. The Morgan fingerprint density at radius 2 is 2.36 bits per heavy atom. The highest BCUT2D eigenvalue weighted by Crippen LogP contribution is 2.40. The van der Waals surface area contributed by atoms with Gasteiger partial charge in [-0.1, -0.05) is 6.08 Å². The zero-order valence-corrected chi connectivity index (χ0v) is 8.87. The van der Waals surface area contributed by atoms with Crippen molar-refractivity contribution in [2.45, 2.75) is 12.8 Å². The number of allylic oxidation sites excluding steroid dienone is 1. The molecule has 14 heavy (non-hydrogen) atoms. The van der Waals surface area contributed by atoms with Crippen LogP contribution in [0, 0.1) is 11.8 Å². The average molecular weight is 219 g/mol. The minimum absolute atomic E-state index is 0.117. The molecule has 0 aromatic rings. The van der Waals surface area contributed by atoms with Crippen LogP contribution >= 0.6 is 7.75 Å². The molecule has 0 aromatic carbocycles. The Kier molecular flexibility index (Phi) is 3.48. The van der Waals surface area contributed by atoms with Crippen LogP contribution in [0.15, 0.2) is 12.7 Å². The van der Waals surface area contributed by atoms with E-state index in [1.807, 2.05) is 5.09 Å². The van der Waals surface area contributed by atoms with E-state index in [0.717, 1.165) is 20.0 Å². The summed E-state index contributed by atoms with van der Waals surface area (Å²) in [6.45, 7) is 3.59. The van der Waals surface area contributed by atoms with Gasteiger partial charge >= 0.3 is 7.75 Å². The van der Waals surface area contributed by atoms with E-state index in [1.165, 1.54) is 0 Å². The number of hydrogen-bond donors (Lipinski definition) is 2. The van der Waals surface area contributed by atoms with Crippen LogP contribution in [0.5, 0.6) is 0 Å². The van der Waals surface area contributed by atoms with Gasteiger partial charge in [-0.2, -0.15) is 0 Å². The van der Waals surface area contributed by atoms with Crippen molar-refractivity contribution in [2.75, 3.05) is 7.11 Å². The van der Waals surface area contributed by atoms with E-state index >= 15 is 0 Å². The second-order valence-corrected chi connectivity index (χ2v) is 4.89. The fourth-order valence-electron chi connectivity index (χ4n) is 1.40. The molecule has 1 saturated carbocycles. The number of rotatable bonds is 4. The van der Waals surface area contributed by atoms with Crippen LogP contribution in [0.4, 0.5) is 0 Å². The van der Waals surface area contributed by atoms with Crippen LogP contribution in [-0.4, -0.2) is 17.9 Å². The standard InChI is InChI=1S/C8H14NO4P/c1-3-6-4-5-7(6)8(10)9-14(11,12)13-2/h3,6-7H,1,4-5H2,2H3,(H2,9,10,11,12)/t6-,7+/m1/s1. The summed E-state index contributed by atoms with van der Waals surface area (Å²) < 4.78 is 15.3. The van der Waals surface area contributed by atoms with E-state index in [4.69, 9.17) is 4.89 Å². The van der Waals surface area contributed by atoms with E-state index in [9.17, 15) is 9.36 Å². The van der Waals surface area contributed by atoms with Gasteiger partial charge in [-0.3, -0.25) is 14.4 Å². The molecule has 1 unspecified atom stereocenters. The molecule has 80 valence electrons. The van der Waals surface area contributed by atoms with Gasteiger partial charge in [0.15, 0.2) is 0 Å². The summed E-state index contributed by atoms with van der Waals surface area (Å²) in [7, 11) is -2.86. The molecule has 0 aliphatic heterocycles. The Morgan fingerprint density at radius 3 is 2.71 bits per heavy atom. The zero-order chi connectivity index (χ0) is 10.8. The Bertz CT molecular complexity index is 291. The van der Waals surface area contributed by atoms with Crippen LogP contribution in [0.1, 0.15) is 12.8 Å². The molecule has 0 heterocycles. The predicted octanol–water partition coefficient (Wildman–Crippen LogP) is 1.06. The highest BCUT2D eigenvalue weighted by atomic mass is 31.2. The number of carbonyl (C=O) groups excluding carboxylic acids is 1. The van der Waals surface area contributed by atoms with Crippen molar-refractivity contribution in [3.8, 4) is 0 Å². The van der Waals surface area contributed by atoms with Gasteiger partial charge in [0.25, 0.3) is 0 Å². The highest BCUT2D eigenvalue weighted by Gasteiger charge is 2.37. The van der Waals surface area contributed by atoms with Crippen molar-refractivity contribution in [2.24, 2.45) is 11.8 Å². The number of nitrogens with one attached hydrogen (secondary N) is 1. The van der Waals surface area contributed by atoms with Gasteiger partial charge in [0, 0.05) is 13.0 Å². The van der Waals surface area contributed by atoms with Crippen molar-refractivity contribution in [3.05, 3.63) is 12.7 Å². The van der Waals surface area contributed by atoms with Crippen molar-refractivity contribution < 1.29 is 18.8 Å². The lowest BCUT2D eigenvalue weighted by molar-refractivity contribution is -0.127. The van der Waals surface area contributed by atoms with Gasteiger partial charge in [-0.05, 0) is 18.8 Å². The van der Waals surface area contributed by atoms with Crippen molar-refractivity contribution in [1.82, 2.24) is 5.09 Å². The van der Waals surface area contributed by atoms with Crippen LogP contribution in [0.3, 0.4) is 0 Å². The molecule has 3 atom stereocenters. The Labute approximate surface area is 82.7 Å². The van der Waals surface area contributed by atoms with Gasteiger partial charge in [-0.15, -0.1) is 6.58 Å². The molecule has 0 spiro atoms. The summed E-state index contributed by atoms with van der Waals surface area (Å²) in [5.74, 6) is -0.552. The van der Waals surface area contributed by atoms with Gasteiger partial charge in [-0.25, -0.2) is 4.57 Å². The second kappa shape index (κ2) is 4.26. The molecule has 0 bridgehead atoms. The maximum Gasteiger partial charge on any atom is 0.432 e. The first-order valence-corrected chi connectivity index (χ1v) is 5.91. The average Bonchev–Trinajstić information content (AvgIpc) is 2.02. The SMILES string of the molecule is C=C[C@@H]1CC[C@@H]1C(=O)NP(=O)(O)OC. The second-order valence-electron chi connectivity index (χ2n) is 3.26. The van der Waals surface area contributed by atoms with Crippen LogP contribution in [-0.2, 0) is 13.9 Å². The monoisotopic (exact) mass is 219 g/mol. The molecule has 5 nitrogen and oxygen atoms in total. The minimum atomic E-state index is -3.93. The summed E-state index contributed by atoms with van der Waals surface area (Å²) in [4.78, 5) is 20.4. The van der Waals surface area contributed by atoms with E-state index in [-0.39, 0.29) is 11.8 Å². The third-order valence-electron chi connectivity index (χ3n) is 2.47. The van der Waals surface area contributed by atoms with Crippen LogP contribution in [0.25, 0.3) is 0 Å². The molecule has 1 rings (SSSR count). The van der Waals surface area contributed by atoms with Crippen molar-refractivity contribution in [1.29, 1.82) is 0 Å². The van der Waals surface area contributed by atoms with E-state index in [0.29, 0.717) is 0 Å². The summed E-state index contributed by atoms with van der Waals surface area (Å²) in [5, 5.41) is 1.97. The third kappa shape index (κ3) is 2.44. The Hall–Kier alpha value is -0.640. The fourth-order valence-corrected chi connectivity index (χ4v) is 1.94. The molecule has 2 N–H and O–H groups in total. The zero-order valence-electron chi connectivity index (χ0n) is 7.97. The lowest BCUT2D eigenvalue weighted by Crippen LogP contribution is -2.38. The predicted molar refractivity (Wildman–Crippen MR) is 51.4 cm³/mol. The van der Waals surface area contributed by atoms with Gasteiger partial charge in [0.05, 0.1) is 0 Å². The van der Waals surface area contributed by atoms with Gasteiger partial charge in [0.1, 0.15) is 0 Å². The molecule has 0 saturated heterocycles. The smallest absolute Gasteiger partial charge is 0.308 e. The first-order chi connectivity index (χ1) is 6.50. The molecule has 1 amide bonds. The first-order valence-electron chi connectivity index (χ1n) is 4.33. The first kappa shape index (κ1) is 11.4. The molecule has 0 radical (unpaired) electrons. The highest BCUT2D eigenvalue weighted by molar-refractivity contribution is 7.51. The molecular formula is C8H14NO4P. The third-order valence-corrected chi connectivity index (χ3v) is 3.46. The molecular weight excluding hydrogens is 205 g/mol. The summed E-state index contributed by atoms with van der Waals surface area (Å²) in [5.41, 5.74) is 0. The molecule has 0 aromatic heterocycles. The summed E-state index contributed by atoms with van der Waals surface area (Å²) in [6.07, 6.45) is 3.33. The molecule has 6 heteroatoms. The van der Waals surface area contributed by atoms with Gasteiger partial charge < -0.3 is 4.89 Å². The van der Waals surface area contributed by atoms with Crippen LogP contribution < -0.4 is 5.09 Å². The van der Waals surface area contributed by atoms with Crippen molar-refractivity contribution >= 4 is 13.7 Å². The van der Waals surface area contributed by atoms with E-state index in [2.05, 4.69) is 11.1 Å². The lowest BCUT2D eigenvalue weighted by atomic mass is 9.73. The number of amides is 1. The van der Waals surface area contributed by atoms with E-state index < -0.39 is 13.7 Å². The lowest BCUT2D eigenvalue weighted by Gasteiger charge is -2.33. The number of carbonyl (C=O) groups is 1. The van der Waals surface area contributed by atoms with E-state index in [1.54, 1.807) is 6.08 Å². The molecule has 1 aliphatic rings. The number of hydrogen-bond acceptors (Lipinski definition) is 3.